The highest BCUT2D eigenvalue weighted by molar-refractivity contribution is 7.71. The molecule has 11 heavy (non-hydrogen) atoms. The lowest BCUT2D eigenvalue weighted by atomic mass is 10.1. The molecular weight excluding hydrogens is 156 g/mol. The first-order chi connectivity index (χ1) is 5.25. The van der Waals surface area contributed by atoms with Crippen LogP contribution in [0.25, 0.3) is 0 Å². The van der Waals surface area contributed by atoms with Crippen molar-refractivity contribution in [2.24, 2.45) is 5.73 Å². The van der Waals surface area contributed by atoms with E-state index in [0.717, 1.165) is 5.56 Å². The Morgan fingerprint density at radius 1 is 1.73 bits per heavy atom. The zero-order valence-electron chi connectivity index (χ0n) is 6.08. The average Bonchev–Trinajstić information content (AvgIpc) is 2.04. The van der Waals surface area contributed by atoms with Crippen molar-refractivity contribution < 1.29 is 0 Å². The maximum atomic E-state index is 5.69. The molecule has 0 unspecified atom stereocenters. The molecule has 1 aromatic heterocycles. The van der Waals surface area contributed by atoms with Gasteiger partial charge in [-0.1, -0.05) is 24.4 Å². The molecule has 0 saturated carbocycles. The summed E-state index contributed by atoms with van der Waals surface area (Å²) in [5.74, 6) is 0. The van der Waals surface area contributed by atoms with Gasteiger partial charge in [0.05, 0.1) is 6.04 Å². The predicted molar refractivity (Wildman–Crippen MR) is 48.8 cm³/mol. The molecule has 0 bridgehead atoms. The van der Waals surface area contributed by atoms with E-state index in [2.05, 4.69) is 11.6 Å². The van der Waals surface area contributed by atoms with Crippen LogP contribution in [0.2, 0.25) is 0 Å². The minimum atomic E-state index is -0.167. The Morgan fingerprint density at radius 3 is 3.00 bits per heavy atom. The van der Waals surface area contributed by atoms with Gasteiger partial charge in [-0.15, -0.1) is 6.58 Å². The number of aromatic nitrogens is 1. The van der Waals surface area contributed by atoms with Gasteiger partial charge in [-0.2, -0.15) is 0 Å². The predicted octanol–water partition coefficient (Wildman–Crippen LogP) is 1.93. The van der Waals surface area contributed by atoms with Gasteiger partial charge in [-0.25, -0.2) is 0 Å². The van der Waals surface area contributed by atoms with Crippen LogP contribution in [0, 0.1) is 4.64 Å². The van der Waals surface area contributed by atoms with Crippen molar-refractivity contribution in [3.05, 3.63) is 41.2 Å². The fraction of sp³-hybridized carbons (Fsp3) is 0.125. The molecule has 1 atom stereocenters. The molecule has 0 fully saturated rings. The second-order valence-corrected chi connectivity index (χ2v) is 2.62. The summed E-state index contributed by atoms with van der Waals surface area (Å²) in [6.45, 7) is 3.59. The highest BCUT2D eigenvalue weighted by atomic mass is 32.1. The Hall–Kier alpha value is -0.930. The largest absolute Gasteiger partial charge is 0.353 e. The van der Waals surface area contributed by atoms with Crippen molar-refractivity contribution in [1.82, 2.24) is 4.98 Å². The quantitative estimate of drug-likeness (QED) is 0.520. The van der Waals surface area contributed by atoms with Crippen LogP contribution < -0.4 is 5.73 Å². The molecule has 3 heteroatoms. The fourth-order valence-electron chi connectivity index (χ4n) is 0.824. The van der Waals surface area contributed by atoms with Crippen molar-refractivity contribution in [2.45, 2.75) is 6.04 Å². The van der Waals surface area contributed by atoms with Crippen LogP contribution in [0.15, 0.2) is 31.0 Å². The number of hydrogen-bond acceptors (Lipinski definition) is 2. The van der Waals surface area contributed by atoms with E-state index in [4.69, 9.17) is 18.0 Å². The van der Waals surface area contributed by atoms with E-state index < -0.39 is 0 Å². The number of aromatic amines is 1. The van der Waals surface area contributed by atoms with E-state index in [-0.39, 0.29) is 6.04 Å². The Kier molecular flexibility index (Phi) is 2.57. The molecule has 0 amide bonds. The van der Waals surface area contributed by atoms with E-state index in [1.54, 1.807) is 12.3 Å². The van der Waals surface area contributed by atoms with Crippen LogP contribution in [0.3, 0.4) is 0 Å². The molecule has 0 aliphatic carbocycles. The number of hydrogen-bond donors (Lipinski definition) is 2. The first-order valence-corrected chi connectivity index (χ1v) is 3.72. The summed E-state index contributed by atoms with van der Waals surface area (Å²) in [4.78, 5) is 2.90. The van der Waals surface area contributed by atoms with Crippen LogP contribution in [0.1, 0.15) is 11.6 Å². The standard InChI is InChI=1S/C8H10N2S/c1-2-7(9)6-4-3-5-10-8(6)11/h2-5,7H,1,9H2,(H,10,11)/t7-/m1/s1. The van der Waals surface area contributed by atoms with Crippen molar-refractivity contribution >= 4 is 12.2 Å². The molecule has 0 aliphatic heterocycles. The lowest BCUT2D eigenvalue weighted by Gasteiger charge is -2.04. The molecule has 1 heterocycles. The Labute approximate surface area is 70.8 Å². The molecule has 3 N–H and O–H groups in total. The van der Waals surface area contributed by atoms with Gasteiger partial charge < -0.3 is 10.7 Å². The SMILES string of the molecule is C=C[C@@H](N)c1ccc[nH]c1=S. The van der Waals surface area contributed by atoms with E-state index >= 15 is 0 Å². The van der Waals surface area contributed by atoms with Crippen LogP contribution in [0.4, 0.5) is 0 Å². The summed E-state index contributed by atoms with van der Waals surface area (Å²) < 4.78 is 0.680. The van der Waals surface area contributed by atoms with Gasteiger partial charge in [0, 0.05) is 11.8 Å². The molecule has 0 aliphatic rings. The second-order valence-electron chi connectivity index (χ2n) is 2.22. The van der Waals surface area contributed by atoms with E-state index in [1.807, 2.05) is 12.1 Å². The minimum Gasteiger partial charge on any atom is -0.353 e. The van der Waals surface area contributed by atoms with Crippen molar-refractivity contribution in [3.8, 4) is 0 Å². The van der Waals surface area contributed by atoms with Gasteiger partial charge in [0.15, 0.2) is 0 Å². The maximum Gasteiger partial charge on any atom is 0.108 e. The Morgan fingerprint density at radius 2 is 2.45 bits per heavy atom. The third-order valence-electron chi connectivity index (χ3n) is 1.46. The molecule has 1 aromatic rings. The lowest BCUT2D eigenvalue weighted by molar-refractivity contribution is 0.898. The van der Waals surface area contributed by atoms with Gasteiger partial charge >= 0.3 is 0 Å². The second kappa shape index (κ2) is 3.46. The highest BCUT2D eigenvalue weighted by Gasteiger charge is 2.00. The third-order valence-corrected chi connectivity index (χ3v) is 1.82. The van der Waals surface area contributed by atoms with Gasteiger partial charge in [-0.05, 0) is 6.07 Å². The molecule has 0 spiro atoms. The summed E-state index contributed by atoms with van der Waals surface area (Å²) in [6.07, 6.45) is 3.45. The Balaban J connectivity index is 3.13. The molecule has 1 rings (SSSR count). The molecule has 58 valence electrons. The molecule has 0 saturated heterocycles. The average molecular weight is 166 g/mol. The fourth-order valence-corrected chi connectivity index (χ4v) is 1.10. The molecule has 2 nitrogen and oxygen atoms in total. The van der Waals surface area contributed by atoms with Crippen LogP contribution in [-0.2, 0) is 0 Å². The van der Waals surface area contributed by atoms with Gasteiger partial charge in [0.25, 0.3) is 0 Å². The first kappa shape index (κ1) is 8.17. The minimum absolute atomic E-state index is 0.167. The number of nitrogens with two attached hydrogens (primary N) is 1. The number of H-pyrrole nitrogens is 1. The molecular formula is C8H10N2S. The summed E-state index contributed by atoms with van der Waals surface area (Å²) in [6, 6.07) is 3.60. The van der Waals surface area contributed by atoms with Gasteiger partial charge in [-0.3, -0.25) is 0 Å². The normalized spacial score (nSPS) is 12.5. The van der Waals surface area contributed by atoms with Crippen molar-refractivity contribution in [3.63, 3.8) is 0 Å². The summed E-state index contributed by atoms with van der Waals surface area (Å²) >= 11 is 5.01. The smallest absolute Gasteiger partial charge is 0.108 e. The summed E-state index contributed by atoms with van der Waals surface area (Å²) in [7, 11) is 0. The van der Waals surface area contributed by atoms with Crippen molar-refractivity contribution in [1.29, 1.82) is 0 Å². The highest BCUT2D eigenvalue weighted by Crippen LogP contribution is 2.09. The summed E-state index contributed by atoms with van der Waals surface area (Å²) in [5.41, 5.74) is 6.60. The van der Waals surface area contributed by atoms with Crippen LogP contribution in [0.5, 0.6) is 0 Å². The first-order valence-electron chi connectivity index (χ1n) is 3.31. The van der Waals surface area contributed by atoms with E-state index in [0.29, 0.717) is 4.64 Å². The van der Waals surface area contributed by atoms with Crippen LogP contribution in [-0.4, -0.2) is 4.98 Å². The van der Waals surface area contributed by atoms with E-state index in [1.165, 1.54) is 0 Å². The Bertz CT molecular complexity index is 303. The summed E-state index contributed by atoms with van der Waals surface area (Å²) in [5, 5.41) is 0. The monoisotopic (exact) mass is 166 g/mol. The topological polar surface area (TPSA) is 41.8 Å². The van der Waals surface area contributed by atoms with E-state index in [9.17, 15) is 0 Å². The number of rotatable bonds is 2. The zero-order valence-corrected chi connectivity index (χ0v) is 6.90. The third kappa shape index (κ3) is 1.76. The molecule has 0 aromatic carbocycles. The lowest BCUT2D eigenvalue weighted by Crippen LogP contribution is -2.07. The zero-order chi connectivity index (χ0) is 8.27. The number of pyridine rings is 1. The van der Waals surface area contributed by atoms with Gasteiger partial charge in [0.1, 0.15) is 4.64 Å². The van der Waals surface area contributed by atoms with Gasteiger partial charge in [0.2, 0.25) is 0 Å². The number of nitrogens with one attached hydrogen (secondary N) is 1. The molecule has 0 radical (unpaired) electrons. The van der Waals surface area contributed by atoms with Crippen LogP contribution >= 0.6 is 12.2 Å². The van der Waals surface area contributed by atoms with Crippen molar-refractivity contribution in [2.75, 3.05) is 0 Å². The maximum absolute atomic E-state index is 5.69.